The van der Waals surface area contributed by atoms with Crippen molar-refractivity contribution in [2.45, 2.75) is 19.3 Å². The third-order valence-electron chi connectivity index (χ3n) is 3.32. The number of aryl methyl sites for hydroxylation is 1. The number of anilines is 1. The average Bonchev–Trinajstić information content (AvgIpc) is 2.88. The number of H-pyrrole nitrogens is 1. The van der Waals surface area contributed by atoms with Gasteiger partial charge in [0.25, 0.3) is 5.56 Å². The normalized spacial score (nSPS) is 18.8. The lowest BCUT2D eigenvalue weighted by molar-refractivity contribution is 0.727. The van der Waals surface area contributed by atoms with Gasteiger partial charge in [0.2, 0.25) is 5.95 Å². The molecular formula is C13H15N5O. The fraction of sp³-hybridized carbons (Fsp3) is 0.385. The summed E-state index contributed by atoms with van der Waals surface area (Å²) in [5, 5.41) is 0. The molecule has 0 unspecified atom stereocenters. The van der Waals surface area contributed by atoms with Crippen molar-refractivity contribution in [1.82, 2.24) is 19.9 Å². The van der Waals surface area contributed by atoms with E-state index in [0.29, 0.717) is 5.82 Å². The Morgan fingerprint density at radius 3 is 2.89 bits per heavy atom. The molecular weight excluding hydrogens is 242 g/mol. The minimum Gasteiger partial charge on any atom is -0.340 e. The molecule has 19 heavy (non-hydrogen) atoms. The predicted molar refractivity (Wildman–Crippen MR) is 71.2 cm³/mol. The maximum Gasteiger partial charge on any atom is 0.251 e. The molecule has 1 fully saturated rings. The fourth-order valence-electron chi connectivity index (χ4n) is 2.45. The fourth-order valence-corrected chi connectivity index (χ4v) is 2.45. The van der Waals surface area contributed by atoms with E-state index in [1.54, 1.807) is 31.5 Å². The van der Waals surface area contributed by atoms with Gasteiger partial charge in [-0.15, -0.1) is 0 Å². The van der Waals surface area contributed by atoms with Gasteiger partial charge >= 0.3 is 0 Å². The molecule has 6 nitrogen and oxygen atoms in total. The topological polar surface area (TPSA) is 74.8 Å². The Balaban J connectivity index is 1.81. The van der Waals surface area contributed by atoms with E-state index >= 15 is 0 Å². The summed E-state index contributed by atoms with van der Waals surface area (Å²) in [6.07, 6.45) is 4.45. The standard InChI is InChI=1S/C13H15N5O/c1-9-16-11(7-12(19)17-9)10-3-6-18(8-10)13-14-4-2-5-15-13/h2,4-5,7,10H,3,6,8H2,1H3,(H,16,17,19)/t10-/m1/s1. The molecule has 0 amide bonds. The molecule has 0 bridgehead atoms. The molecule has 2 aromatic heterocycles. The molecule has 1 atom stereocenters. The van der Waals surface area contributed by atoms with Gasteiger partial charge in [0.1, 0.15) is 5.82 Å². The summed E-state index contributed by atoms with van der Waals surface area (Å²) in [4.78, 5) is 29.2. The van der Waals surface area contributed by atoms with Gasteiger partial charge in [-0.2, -0.15) is 0 Å². The highest BCUT2D eigenvalue weighted by atomic mass is 16.1. The zero-order valence-electron chi connectivity index (χ0n) is 10.7. The van der Waals surface area contributed by atoms with Crippen LogP contribution in [-0.2, 0) is 0 Å². The van der Waals surface area contributed by atoms with Gasteiger partial charge in [-0.25, -0.2) is 15.0 Å². The first-order valence-electron chi connectivity index (χ1n) is 6.32. The highest BCUT2D eigenvalue weighted by Crippen LogP contribution is 2.27. The predicted octanol–water partition coefficient (Wildman–Crippen LogP) is 0.862. The number of hydrogen-bond donors (Lipinski definition) is 1. The quantitative estimate of drug-likeness (QED) is 0.863. The third kappa shape index (κ3) is 2.47. The molecule has 98 valence electrons. The number of rotatable bonds is 2. The Bertz CT molecular complexity index is 624. The monoisotopic (exact) mass is 257 g/mol. The van der Waals surface area contributed by atoms with E-state index < -0.39 is 0 Å². The zero-order chi connectivity index (χ0) is 13.2. The van der Waals surface area contributed by atoms with Crippen molar-refractivity contribution >= 4 is 5.95 Å². The first kappa shape index (κ1) is 11.8. The van der Waals surface area contributed by atoms with E-state index in [9.17, 15) is 4.79 Å². The summed E-state index contributed by atoms with van der Waals surface area (Å²) in [6.45, 7) is 3.50. The first-order valence-corrected chi connectivity index (χ1v) is 6.32. The molecule has 1 aliphatic rings. The van der Waals surface area contributed by atoms with Gasteiger partial charge in [-0.3, -0.25) is 4.79 Å². The van der Waals surface area contributed by atoms with Crippen molar-refractivity contribution in [1.29, 1.82) is 0 Å². The molecule has 0 spiro atoms. The summed E-state index contributed by atoms with van der Waals surface area (Å²) in [7, 11) is 0. The SMILES string of the molecule is Cc1nc([C@@H]2CCN(c3ncccn3)C2)cc(=O)[nH]1. The Labute approximate surface area is 110 Å². The van der Waals surface area contributed by atoms with Crippen molar-refractivity contribution in [3.05, 3.63) is 46.4 Å². The Morgan fingerprint density at radius 2 is 2.16 bits per heavy atom. The van der Waals surface area contributed by atoms with Crippen LogP contribution >= 0.6 is 0 Å². The van der Waals surface area contributed by atoms with Crippen molar-refractivity contribution in [2.24, 2.45) is 0 Å². The summed E-state index contributed by atoms with van der Waals surface area (Å²) < 4.78 is 0. The number of hydrogen-bond acceptors (Lipinski definition) is 5. The molecule has 3 rings (SSSR count). The molecule has 0 saturated carbocycles. The average molecular weight is 257 g/mol. The van der Waals surface area contributed by atoms with E-state index in [1.807, 2.05) is 0 Å². The Kier molecular flexibility index (Phi) is 2.98. The lowest BCUT2D eigenvalue weighted by Gasteiger charge is -2.15. The van der Waals surface area contributed by atoms with Crippen LogP contribution < -0.4 is 10.5 Å². The molecule has 0 aliphatic carbocycles. The van der Waals surface area contributed by atoms with E-state index in [4.69, 9.17) is 0 Å². The molecule has 6 heteroatoms. The van der Waals surface area contributed by atoms with E-state index in [0.717, 1.165) is 31.2 Å². The van der Waals surface area contributed by atoms with Gasteiger partial charge in [0.15, 0.2) is 0 Å². The third-order valence-corrected chi connectivity index (χ3v) is 3.32. The Morgan fingerprint density at radius 1 is 1.37 bits per heavy atom. The van der Waals surface area contributed by atoms with Crippen LogP contribution in [0.3, 0.4) is 0 Å². The Hall–Kier alpha value is -2.24. The molecule has 0 radical (unpaired) electrons. The lowest BCUT2D eigenvalue weighted by atomic mass is 10.0. The van der Waals surface area contributed by atoms with Crippen LogP contribution in [0.25, 0.3) is 0 Å². The van der Waals surface area contributed by atoms with Crippen LogP contribution in [-0.4, -0.2) is 33.0 Å². The summed E-state index contributed by atoms with van der Waals surface area (Å²) in [6, 6.07) is 3.39. The summed E-state index contributed by atoms with van der Waals surface area (Å²) >= 11 is 0. The van der Waals surface area contributed by atoms with Crippen LogP contribution in [0.15, 0.2) is 29.3 Å². The van der Waals surface area contributed by atoms with Crippen molar-refractivity contribution in [3.63, 3.8) is 0 Å². The van der Waals surface area contributed by atoms with Gasteiger partial charge in [-0.1, -0.05) is 0 Å². The van der Waals surface area contributed by atoms with Crippen LogP contribution in [0.2, 0.25) is 0 Å². The smallest absolute Gasteiger partial charge is 0.251 e. The maximum atomic E-state index is 11.5. The molecule has 1 aliphatic heterocycles. The number of aromatic nitrogens is 4. The van der Waals surface area contributed by atoms with E-state index in [-0.39, 0.29) is 11.5 Å². The minimum absolute atomic E-state index is 0.0862. The van der Waals surface area contributed by atoms with Crippen molar-refractivity contribution < 1.29 is 0 Å². The van der Waals surface area contributed by atoms with Gasteiger partial charge in [0.05, 0.1) is 5.69 Å². The highest BCUT2D eigenvalue weighted by Gasteiger charge is 2.26. The van der Waals surface area contributed by atoms with Crippen LogP contribution in [0.4, 0.5) is 5.95 Å². The molecule has 0 aromatic carbocycles. The van der Waals surface area contributed by atoms with Gasteiger partial charge in [-0.05, 0) is 19.4 Å². The van der Waals surface area contributed by atoms with Crippen LogP contribution in [0.1, 0.15) is 23.9 Å². The molecule has 1 saturated heterocycles. The summed E-state index contributed by atoms with van der Waals surface area (Å²) in [5.41, 5.74) is 0.775. The number of nitrogens with one attached hydrogen (secondary N) is 1. The largest absolute Gasteiger partial charge is 0.340 e. The second kappa shape index (κ2) is 4.79. The maximum absolute atomic E-state index is 11.5. The van der Waals surface area contributed by atoms with Crippen LogP contribution in [0.5, 0.6) is 0 Å². The van der Waals surface area contributed by atoms with Gasteiger partial charge in [0, 0.05) is 37.5 Å². The summed E-state index contributed by atoms with van der Waals surface area (Å²) in [5.74, 6) is 1.67. The van der Waals surface area contributed by atoms with E-state index in [1.165, 1.54) is 0 Å². The second-order valence-electron chi connectivity index (χ2n) is 4.74. The molecule has 3 heterocycles. The second-order valence-corrected chi connectivity index (χ2v) is 4.74. The molecule has 1 N–H and O–H groups in total. The highest BCUT2D eigenvalue weighted by molar-refractivity contribution is 5.32. The van der Waals surface area contributed by atoms with Crippen LogP contribution in [0, 0.1) is 6.92 Å². The number of aromatic amines is 1. The van der Waals surface area contributed by atoms with Crippen molar-refractivity contribution in [2.75, 3.05) is 18.0 Å². The van der Waals surface area contributed by atoms with Crippen molar-refractivity contribution in [3.8, 4) is 0 Å². The molecule has 2 aromatic rings. The lowest BCUT2D eigenvalue weighted by Crippen LogP contribution is -2.22. The first-order chi connectivity index (χ1) is 9.22. The van der Waals surface area contributed by atoms with E-state index in [2.05, 4.69) is 24.8 Å². The minimum atomic E-state index is -0.0862. The zero-order valence-corrected chi connectivity index (χ0v) is 10.7. The van der Waals surface area contributed by atoms with Gasteiger partial charge < -0.3 is 9.88 Å². The number of nitrogens with zero attached hydrogens (tertiary/aromatic N) is 4.